The van der Waals surface area contributed by atoms with Gasteiger partial charge in [0.15, 0.2) is 0 Å². The van der Waals surface area contributed by atoms with E-state index in [0.717, 1.165) is 56.1 Å². The third kappa shape index (κ3) is 9.88. The Morgan fingerprint density at radius 3 is 1.96 bits per heavy atom. The van der Waals surface area contributed by atoms with Crippen LogP contribution in [0.5, 0.6) is 0 Å². The maximum absolute atomic E-state index is 15.4. The van der Waals surface area contributed by atoms with Crippen molar-refractivity contribution in [2.24, 2.45) is 11.8 Å². The topological polar surface area (TPSA) is 93.1 Å². The van der Waals surface area contributed by atoms with E-state index in [1.54, 1.807) is 12.1 Å². The molecule has 0 amide bonds. The lowest BCUT2D eigenvalue weighted by Gasteiger charge is -2.33. The van der Waals surface area contributed by atoms with Gasteiger partial charge < -0.3 is 19.7 Å². The van der Waals surface area contributed by atoms with Gasteiger partial charge in [-0.1, -0.05) is 93.1 Å². The summed E-state index contributed by atoms with van der Waals surface area (Å²) in [6, 6.07) is 19.4. The molecule has 0 bridgehead atoms. The van der Waals surface area contributed by atoms with E-state index in [1.165, 1.54) is 17.5 Å². The standard InChI is InChI=1S/C40H46ClFO6/c1-4-5-6-7-28-8-18-35(37(41)20-28)36-19-17-33(21-38(36)42)31-13-9-29(10-14-31)30-11-15-32(16-12-30)34(24-47-39(45)26(2)22-43)25-48-40(46)27(3)23-44/h8-10,13-14,17-21,30,32,34,43-44H,2-7,11-12,15-16,22-25H2,1H3. The van der Waals surface area contributed by atoms with Crippen molar-refractivity contribution in [3.8, 4) is 22.3 Å². The molecule has 3 aromatic carbocycles. The van der Waals surface area contributed by atoms with Crippen molar-refractivity contribution in [3.05, 3.63) is 107 Å². The third-order valence-corrected chi connectivity index (χ3v) is 9.64. The van der Waals surface area contributed by atoms with E-state index in [-0.39, 0.29) is 42.0 Å². The predicted molar refractivity (Wildman–Crippen MR) is 188 cm³/mol. The summed E-state index contributed by atoms with van der Waals surface area (Å²) in [6.45, 7) is 8.23. The summed E-state index contributed by atoms with van der Waals surface area (Å²) < 4.78 is 26.1. The van der Waals surface area contributed by atoms with Crippen LogP contribution in [0.15, 0.2) is 85.0 Å². The highest BCUT2D eigenvalue weighted by atomic mass is 35.5. The number of hydrogen-bond acceptors (Lipinski definition) is 6. The van der Waals surface area contributed by atoms with Gasteiger partial charge in [0.05, 0.1) is 37.6 Å². The van der Waals surface area contributed by atoms with Crippen LogP contribution < -0.4 is 0 Å². The first-order chi connectivity index (χ1) is 23.1. The Morgan fingerprint density at radius 1 is 0.833 bits per heavy atom. The van der Waals surface area contributed by atoms with E-state index in [1.807, 2.05) is 36.4 Å². The van der Waals surface area contributed by atoms with E-state index in [0.29, 0.717) is 22.1 Å². The molecule has 6 nitrogen and oxygen atoms in total. The molecule has 0 radical (unpaired) electrons. The van der Waals surface area contributed by atoms with Gasteiger partial charge in [0.1, 0.15) is 5.82 Å². The van der Waals surface area contributed by atoms with Gasteiger partial charge in [-0.3, -0.25) is 0 Å². The summed E-state index contributed by atoms with van der Waals surface area (Å²) in [5.41, 5.74) is 5.17. The number of carbonyl (C=O) groups is 2. The highest BCUT2D eigenvalue weighted by Gasteiger charge is 2.30. The molecule has 48 heavy (non-hydrogen) atoms. The molecule has 0 aliphatic heterocycles. The van der Waals surface area contributed by atoms with Gasteiger partial charge in [-0.2, -0.15) is 0 Å². The van der Waals surface area contributed by atoms with Gasteiger partial charge in [-0.25, -0.2) is 14.0 Å². The van der Waals surface area contributed by atoms with Crippen LogP contribution in [0.1, 0.15) is 68.9 Å². The highest BCUT2D eigenvalue weighted by molar-refractivity contribution is 6.33. The molecular weight excluding hydrogens is 631 g/mol. The lowest BCUT2D eigenvalue weighted by atomic mass is 9.74. The smallest absolute Gasteiger partial charge is 0.335 e. The second kappa shape index (κ2) is 18.1. The number of hydrogen-bond donors (Lipinski definition) is 2. The molecular formula is C40H46ClFO6. The minimum Gasteiger partial charge on any atom is -0.462 e. The summed E-state index contributed by atoms with van der Waals surface area (Å²) in [5.74, 6) is -1.48. The van der Waals surface area contributed by atoms with Gasteiger partial charge in [0.2, 0.25) is 0 Å². The Hall–Kier alpha value is -3.78. The van der Waals surface area contributed by atoms with Crippen molar-refractivity contribution in [1.82, 2.24) is 0 Å². The Kier molecular flexibility index (Phi) is 14.0. The number of halogens is 2. The van der Waals surface area contributed by atoms with Crippen molar-refractivity contribution in [2.75, 3.05) is 26.4 Å². The number of benzene rings is 3. The molecule has 2 N–H and O–H groups in total. The summed E-state index contributed by atoms with van der Waals surface area (Å²) in [6.07, 6.45) is 7.88. The molecule has 4 rings (SSSR count). The molecule has 0 spiro atoms. The minimum absolute atomic E-state index is 0.0205. The molecule has 0 atom stereocenters. The van der Waals surface area contributed by atoms with Gasteiger partial charge in [-0.15, -0.1) is 0 Å². The lowest BCUT2D eigenvalue weighted by Crippen LogP contribution is -2.31. The maximum atomic E-state index is 15.4. The normalized spacial score (nSPS) is 16.0. The van der Waals surface area contributed by atoms with Gasteiger partial charge in [0, 0.05) is 22.1 Å². The molecule has 0 heterocycles. The second-order valence-electron chi connectivity index (χ2n) is 12.7. The zero-order chi connectivity index (χ0) is 34.6. The van der Waals surface area contributed by atoms with E-state index in [9.17, 15) is 19.8 Å². The van der Waals surface area contributed by atoms with Crippen LogP contribution in [0, 0.1) is 17.7 Å². The molecule has 0 unspecified atom stereocenters. The van der Waals surface area contributed by atoms with E-state index < -0.39 is 25.2 Å². The Balaban J connectivity index is 1.38. The van der Waals surface area contributed by atoms with Gasteiger partial charge in [0.25, 0.3) is 0 Å². The zero-order valence-corrected chi connectivity index (χ0v) is 28.4. The average Bonchev–Trinajstić information content (AvgIpc) is 3.11. The molecule has 1 fully saturated rings. The first kappa shape index (κ1) is 37.0. The van der Waals surface area contributed by atoms with Crippen molar-refractivity contribution in [3.63, 3.8) is 0 Å². The average molecular weight is 677 g/mol. The zero-order valence-electron chi connectivity index (χ0n) is 27.7. The minimum atomic E-state index is -0.687. The SMILES string of the molecule is C=C(CO)C(=O)OCC(COC(=O)C(=C)CO)C1CCC(c2ccc(-c3ccc(-c4ccc(CCCCC)cc4Cl)c(F)c3)cc2)CC1. The molecule has 1 aliphatic rings. The summed E-state index contributed by atoms with van der Waals surface area (Å²) >= 11 is 6.58. The Labute approximate surface area is 288 Å². The number of aliphatic hydroxyl groups excluding tert-OH is 2. The first-order valence-corrected chi connectivity index (χ1v) is 17.1. The molecule has 1 aliphatic carbocycles. The van der Waals surface area contributed by atoms with Crippen LogP contribution in [-0.4, -0.2) is 48.6 Å². The largest absolute Gasteiger partial charge is 0.462 e. The third-order valence-electron chi connectivity index (χ3n) is 9.33. The number of aryl methyl sites for hydroxylation is 1. The van der Waals surface area contributed by atoms with Crippen LogP contribution in [0.25, 0.3) is 22.3 Å². The quantitative estimate of drug-likeness (QED) is 0.0897. The molecule has 3 aromatic rings. The Morgan fingerprint density at radius 2 is 1.42 bits per heavy atom. The predicted octanol–water partition coefficient (Wildman–Crippen LogP) is 8.62. The van der Waals surface area contributed by atoms with E-state index in [4.69, 9.17) is 21.1 Å². The number of aliphatic hydroxyl groups is 2. The number of unbranched alkanes of at least 4 members (excludes halogenated alkanes) is 2. The Bertz CT molecular complexity index is 1540. The van der Waals surface area contributed by atoms with Gasteiger partial charge >= 0.3 is 11.9 Å². The van der Waals surface area contributed by atoms with E-state index >= 15 is 4.39 Å². The fraction of sp³-hybridized carbons (Fsp3) is 0.400. The molecule has 0 aromatic heterocycles. The van der Waals surface area contributed by atoms with Crippen molar-refractivity contribution in [2.45, 2.75) is 64.2 Å². The van der Waals surface area contributed by atoms with Gasteiger partial charge in [-0.05, 0) is 84.7 Å². The lowest BCUT2D eigenvalue weighted by molar-refractivity contribution is -0.146. The van der Waals surface area contributed by atoms with Crippen LogP contribution in [0.4, 0.5) is 4.39 Å². The second-order valence-corrected chi connectivity index (χ2v) is 13.1. The van der Waals surface area contributed by atoms with Crippen molar-refractivity contribution >= 4 is 23.5 Å². The molecule has 0 saturated heterocycles. The molecule has 1 saturated carbocycles. The summed E-state index contributed by atoms with van der Waals surface area (Å²) in [5, 5.41) is 18.9. The fourth-order valence-electron chi connectivity index (χ4n) is 6.32. The number of carbonyl (C=O) groups excluding carboxylic acids is 2. The van der Waals surface area contributed by atoms with Crippen LogP contribution in [-0.2, 0) is 25.5 Å². The summed E-state index contributed by atoms with van der Waals surface area (Å²) in [4.78, 5) is 24.2. The van der Waals surface area contributed by atoms with Crippen molar-refractivity contribution in [1.29, 1.82) is 0 Å². The highest BCUT2D eigenvalue weighted by Crippen LogP contribution is 2.40. The van der Waals surface area contributed by atoms with Crippen LogP contribution in [0.2, 0.25) is 5.02 Å². The number of ether oxygens (including phenoxy) is 2. The van der Waals surface area contributed by atoms with Crippen LogP contribution >= 0.6 is 11.6 Å². The monoisotopic (exact) mass is 676 g/mol. The molecule has 8 heteroatoms. The number of rotatable bonds is 16. The fourth-order valence-corrected chi connectivity index (χ4v) is 6.62. The number of esters is 2. The van der Waals surface area contributed by atoms with Crippen molar-refractivity contribution < 1.29 is 33.7 Å². The first-order valence-electron chi connectivity index (χ1n) is 16.7. The maximum Gasteiger partial charge on any atom is 0.335 e. The summed E-state index contributed by atoms with van der Waals surface area (Å²) in [7, 11) is 0. The van der Waals surface area contributed by atoms with E-state index in [2.05, 4.69) is 32.2 Å². The molecule has 256 valence electrons. The van der Waals surface area contributed by atoms with Crippen LogP contribution in [0.3, 0.4) is 0 Å².